The quantitative estimate of drug-likeness (QED) is 0.263. The molecule has 2 aliphatic carbocycles. The zero-order chi connectivity index (χ0) is 32.7. The van der Waals surface area contributed by atoms with Crippen molar-refractivity contribution >= 4 is 46.6 Å². The molecule has 2 heterocycles. The molecule has 10 heteroatoms. The second-order valence-corrected chi connectivity index (χ2v) is 13.1. The molecule has 4 amide bonds. The molecule has 0 spiro atoms. The number of amides is 4. The number of phenolic OH excluding ortho intramolecular Hbond substituents is 1. The van der Waals surface area contributed by atoms with Gasteiger partial charge in [0, 0.05) is 5.92 Å². The average molecular weight is 643 g/mol. The SMILES string of the molecule is CCc1ccc(N2C(=O)C3CC=C4C(CC5C(=O)N(c6ccc(F)c(Cl)c6)C(=O)C5(C)C4c4ccc(O)c(OC)c4)C3C2=O)cc1. The maximum Gasteiger partial charge on any atom is 0.241 e. The maximum atomic E-state index is 14.5. The van der Waals surface area contributed by atoms with E-state index in [2.05, 4.69) is 0 Å². The van der Waals surface area contributed by atoms with E-state index in [-0.39, 0.29) is 40.4 Å². The second-order valence-electron chi connectivity index (χ2n) is 12.7. The number of rotatable bonds is 5. The number of halogens is 2. The number of carbonyl (C=O) groups is 4. The van der Waals surface area contributed by atoms with Crippen molar-refractivity contribution in [3.8, 4) is 11.5 Å². The lowest BCUT2D eigenvalue weighted by molar-refractivity contribution is -0.131. The lowest BCUT2D eigenvalue weighted by Crippen LogP contribution is -2.48. The van der Waals surface area contributed by atoms with Crippen LogP contribution in [0.25, 0.3) is 0 Å². The number of hydrogen-bond acceptors (Lipinski definition) is 6. The van der Waals surface area contributed by atoms with Crippen LogP contribution in [-0.2, 0) is 25.6 Å². The van der Waals surface area contributed by atoms with Crippen LogP contribution in [0, 0.1) is 34.9 Å². The number of anilines is 2. The van der Waals surface area contributed by atoms with Gasteiger partial charge >= 0.3 is 0 Å². The Hall–Kier alpha value is -4.50. The van der Waals surface area contributed by atoms with E-state index in [1.165, 1.54) is 30.2 Å². The van der Waals surface area contributed by atoms with E-state index in [1.54, 1.807) is 31.2 Å². The van der Waals surface area contributed by atoms with Crippen LogP contribution in [0.15, 0.2) is 72.3 Å². The fourth-order valence-electron chi connectivity index (χ4n) is 8.27. The third-order valence-electron chi connectivity index (χ3n) is 10.6. The van der Waals surface area contributed by atoms with Gasteiger partial charge in [0.2, 0.25) is 23.6 Å². The first-order chi connectivity index (χ1) is 22.0. The molecule has 1 N–H and O–H groups in total. The summed E-state index contributed by atoms with van der Waals surface area (Å²) in [4.78, 5) is 59.2. The van der Waals surface area contributed by atoms with E-state index >= 15 is 0 Å². The monoisotopic (exact) mass is 642 g/mol. The van der Waals surface area contributed by atoms with E-state index in [4.69, 9.17) is 16.3 Å². The third-order valence-corrected chi connectivity index (χ3v) is 10.9. The fourth-order valence-corrected chi connectivity index (χ4v) is 8.45. The molecule has 3 aromatic rings. The highest BCUT2D eigenvalue weighted by Crippen LogP contribution is 2.64. The number of fused-ring (bicyclic) bond motifs is 4. The molecule has 8 nitrogen and oxygen atoms in total. The minimum atomic E-state index is -1.31. The van der Waals surface area contributed by atoms with Crippen LogP contribution in [0.5, 0.6) is 11.5 Å². The molecule has 3 fully saturated rings. The van der Waals surface area contributed by atoms with Gasteiger partial charge in [-0.2, -0.15) is 0 Å². The van der Waals surface area contributed by atoms with Crippen molar-refractivity contribution in [2.45, 2.75) is 39.0 Å². The average Bonchev–Trinajstić information content (AvgIpc) is 3.42. The number of nitrogens with zero attached hydrogens (tertiary/aromatic N) is 2. The van der Waals surface area contributed by atoms with Crippen molar-refractivity contribution in [1.82, 2.24) is 0 Å². The molecular formula is C36H32ClFN2O6. The number of imide groups is 2. The van der Waals surface area contributed by atoms with Crippen LogP contribution in [0.4, 0.5) is 15.8 Å². The summed E-state index contributed by atoms with van der Waals surface area (Å²) in [5.74, 6) is -5.51. The van der Waals surface area contributed by atoms with Gasteiger partial charge in [0.05, 0.1) is 46.7 Å². The summed E-state index contributed by atoms with van der Waals surface area (Å²) >= 11 is 6.07. The lowest BCUT2D eigenvalue weighted by atomic mass is 9.51. The van der Waals surface area contributed by atoms with Crippen molar-refractivity contribution in [2.24, 2.45) is 29.1 Å². The summed E-state index contributed by atoms with van der Waals surface area (Å²) in [6.45, 7) is 3.78. The molecule has 46 heavy (non-hydrogen) atoms. The van der Waals surface area contributed by atoms with Gasteiger partial charge in [0.25, 0.3) is 0 Å². The van der Waals surface area contributed by atoms with Crippen LogP contribution in [0.3, 0.4) is 0 Å². The molecule has 0 aromatic heterocycles. The number of carbonyl (C=O) groups excluding carboxylic acids is 4. The highest BCUT2D eigenvalue weighted by atomic mass is 35.5. The lowest BCUT2D eigenvalue weighted by Gasteiger charge is -2.49. The summed E-state index contributed by atoms with van der Waals surface area (Å²) < 4.78 is 19.5. The molecule has 2 saturated heterocycles. The number of benzene rings is 3. The first-order valence-corrected chi connectivity index (χ1v) is 15.8. The molecule has 6 atom stereocenters. The predicted molar refractivity (Wildman–Crippen MR) is 169 cm³/mol. The van der Waals surface area contributed by atoms with E-state index in [0.29, 0.717) is 17.7 Å². The van der Waals surface area contributed by atoms with Gasteiger partial charge in [-0.25, -0.2) is 9.29 Å². The summed E-state index contributed by atoms with van der Waals surface area (Å²) in [5, 5.41) is 10.2. The first-order valence-electron chi connectivity index (χ1n) is 15.4. The van der Waals surface area contributed by atoms with Crippen molar-refractivity contribution in [3.63, 3.8) is 0 Å². The third kappa shape index (κ3) is 4.17. The van der Waals surface area contributed by atoms with Gasteiger partial charge in [0.15, 0.2) is 11.5 Å². The van der Waals surface area contributed by atoms with Crippen LogP contribution >= 0.6 is 11.6 Å². The Balaban J connectivity index is 1.36. The minimum Gasteiger partial charge on any atom is -0.504 e. The Labute approximate surface area is 270 Å². The van der Waals surface area contributed by atoms with Gasteiger partial charge in [0.1, 0.15) is 5.82 Å². The highest BCUT2D eigenvalue weighted by Gasteiger charge is 2.67. The van der Waals surface area contributed by atoms with E-state index in [0.717, 1.165) is 28.5 Å². The number of aromatic hydroxyl groups is 1. The Bertz CT molecular complexity index is 1860. The number of allylic oxidation sites excluding steroid dienone is 2. The van der Waals surface area contributed by atoms with Crippen LogP contribution < -0.4 is 14.5 Å². The highest BCUT2D eigenvalue weighted by molar-refractivity contribution is 6.32. The Kier molecular flexibility index (Phi) is 7.08. The van der Waals surface area contributed by atoms with Crippen molar-refractivity contribution in [1.29, 1.82) is 0 Å². The Morgan fingerprint density at radius 1 is 0.935 bits per heavy atom. The summed E-state index contributed by atoms with van der Waals surface area (Å²) in [7, 11) is 1.42. The van der Waals surface area contributed by atoms with Crippen LogP contribution in [0.2, 0.25) is 5.02 Å². The van der Waals surface area contributed by atoms with Gasteiger partial charge in [-0.1, -0.05) is 48.4 Å². The van der Waals surface area contributed by atoms with Crippen molar-refractivity contribution in [3.05, 3.63) is 94.3 Å². The molecule has 236 valence electrons. The summed E-state index contributed by atoms with van der Waals surface area (Å²) in [5.41, 5.74) is 1.87. The second kappa shape index (κ2) is 10.8. The first kappa shape index (κ1) is 30.2. The fraction of sp³-hybridized carbons (Fsp3) is 0.333. The van der Waals surface area contributed by atoms with E-state index in [1.807, 2.05) is 25.1 Å². The largest absolute Gasteiger partial charge is 0.504 e. The van der Waals surface area contributed by atoms with Crippen LogP contribution in [-0.4, -0.2) is 35.8 Å². The standard InChI is InChI=1S/C36H32ClFN2O6/c1-4-18-5-8-20(9-6-18)39-32(42)23-12-11-22-24(30(23)34(39)44)17-25-33(43)40(21-10-13-27(38)26(37)16-21)35(45)36(25,2)31(22)19-7-14-28(41)29(15-19)46-3/h5-11,13-16,23-25,30-31,41H,4,12,17H2,1-3H3. The van der Waals surface area contributed by atoms with Crippen LogP contribution in [0.1, 0.15) is 43.7 Å². The zero-order valence-electron chi connectivity index (χ0n) is 25.5. The summed E-state index contributed by atoms with van der Waals surface area (Å²) in [6, 6.07) is 15.9. The molecular weight excluding hydrogens is 611 g/mol. The molecule has 2 aliphatic heterocycles. The summed E-state index contributed by atoms with van der Waals surface area (Å²) in [6.07, 6.45) is 3.25. The Morgan fingerprint density at radius 2 is 1.65 bits per heavy atom. The van der Waals surface area contributed by atoms with Gasteiger partial charge in [-0.15, -0.1) is 0 Å². The number of methoxy groups -OCH3 is 1. The van der Waals surface area contributed by atoms with Crippen molar-refractivity contribution < 1.29 is 33.4 Å². The van der Waals surface area contributed by atoms with Gasteiger partial charge in [-0.05, 0) is 85.7 Å². The van der Waals surface area contributed by atoms with E-state index in [9.17, 15) is 28.7 Å². The molecule has 3 aromatic carbocycles. The molecule has 4 aliphatic rings. The number of phenols is 1. The predicted octanol–water partition coefficient (Wildman–Crippen LogP) is 6.19. The van der Waals surface area contributed by atoms with Gasteiger partial charge < -0.3 is 9.84 Å². The number of ether oxygens (including phenoxy) is 1. The maximum absolute atomic E-state index is 14.5. The molecule has 0 radical (unpaired) electrons. The normalized spacial score (nSPS) is 28.6. The van der Waals surface area contributed by atoms with Gasteiger partial charge in [-0.3, -0.25) is 24.1 Å². The molecule has 6 unspecified atom stereocenters. The smallest absolute Gasteiger partial charge is 0.241 e. The zero-order valence-corrected chi connectivity index (χ0v) is 26.3. The number of hydrogen-bond donors (Lipinski definition) is 1. The Morgan fingerprint density at radius 3 is 2.33 bits per heavy atom. The molecule has 7 rings (SSSR count). The number of aryl methyl sites for hydroxylation is 1. The topological polar surface area (TPSA) is 104 Å². The molecule has 1 saturated carbocycles. The van der Waals surface area contributed by atoms with E-state index < -0.39 is 52.6 Å². The minimum absolute atomic E-state index is 0.0873. The molecule has 0 bridgehead atoms. The van der Waals surface area contributed by atoms with Crippen molar-refractivity contribution in [2.75, 3.05) is 16.9 Å².